The predicted octanol–water partition coefficient (Wildman–Crippen LogP) is 1.96. The van der Waals surface area contributed by atoms with Crippen LogP contribution in [0, 0.1) is 0 Å². The molecule has 0 atom stereocenters. The highest BCUT2D eigenvalue weighted by Gasteiger charge is 1.97. The Morgan fingerprint density at radius 2 is 2.17 bits per heavy atom. The molecule has 3 nitrogen and oxygen atoms in total. The van der Waals surface area contributed by atoms with E-state index in [1.165, 1.54) is 11.8 Å². The lowest BCUT2D eigenvalue weighted by atomic mass is 10.5. The van der Waals surface area contributed by atoms with E-state index in [9.17, 15) is 0 Å². The lowest BCUT2D eigenvalue weighted by Crippen LogP contribution is -1.78. The van der Waals surface area contributed by atoms with Crippen LogP contribution in [0.1, 0.15) is 0 Å². The first-order valence-corrected chi connectivity index (χ1v) is 4.35. The smallest absolute Gasteiger partial charge is 0.171 e. The minimum Gasteiger partial charge on any atom is -0.339 e. The Morgan fingerprint density at radius 1 is 1.17 bits per heavy atom. The molecule has 0 spiro atoms. The average molecular weight is 177 g/mol. The second kappa shape index (κ2) is 3.40. The van der Waals surface area contributed by atoms with Gasteiger partial charge in [0.05, 0.1) is 0 Å². The molecule has 4 heteroatoms. The summed E-state index contributed by atoms with van der Waals surface area (Å²) in [7, 11) is 0. The molecular formula is C8H7N3S. The minimum absolute atomic E-state index is 0.869. The van der Waals surface area contributed by atoms with Gasteiger partial charge in [-0.3, -0.25) is 0 Å². The molecular weight excluding hydrogens is 170 g/mol. The molecule has 0 aliphatic heterocycles. The van der Waals surface area contributed by atoms with Crippen LogP contribution in [0.2, 0.25) is 0 Å². The van der Waals surface area contributed by atoms with Gasteiger partial charge >= 0.3 is 0 Å². The zero-order chi connectivity index (χ0) is 8.23. The fraction of sp³-hybridized carbons (Fsp3) is 0. The van der Waals surface area contributed by atoms with E-state index in [-0.39, 0.29) is 0 Å². The molecule has 0 aliphatic rings. The van der Waals surface area contributed by atoms with E-state index < -0.39 is 0 Å². The van der Waals surface area contributed by atoms with Crippen molar-refractivity contribution in [2.75, 3.05) is 0 Å². The predicted molar refractivity (Wildman–Crippen MR) is 46.9 cm³/mol. The van der Waals surface area contributed by atoms with E-state index in [1.54, 1.807) is 18.6 Å². The van der Waals surface area contributed by atoms with E-state index in [0.717, 1.165) is 10.2 Å². The second-order valence-electron chi connectivity index (χ2n) is 2.16. The first-order valence-electron chi connectivity index (χ1n) is 3.53. The van der Waals surface area contributed by atoms with Crippen molar-refractivity contribution in [2.45, 2.75) is 10.2 Å². The number of imidazole rings is 1. The van der Waals surface area contributed by atoms with Crippen LogP contribution in [0.25, 0.3) is 0 Å². The van der Waals surface area contributed by atoms with Crippen LogP contribution in [0.3, 0.4) is 0 Å². The summed E-state index contributed by atoms with van der Waals surface area (Å²) >= 11 is 1.52. The van der Waals surface area contributed by atoms with Gasteiger partial charge in [-0.2, -0.15) is 0 Å². The van der Waals surface area contributed by atoms with E-state index in [4.69, 9.17) is 0 Å². The summed E-state index contributed by atoms with van der Waals surface area (Å²) in [5.74, 6) is 0. The van der Waals surface area contributed by atoms with Crippen LogP contribution in [0.15, 0.2) is 47.0 Å². The van der Waals surface area contributed by atoms with Crippen LogP contribution in [0.4, 0.5) is 0 Å². The van der Waals surface area contributed by atoms with Gasteiger partial charge in [-0.05, 0) is 23.9 Å². The van der Waals surface area contributed by atoms with Gasteiger partial charge in [-0.1, -0.05) is 6.07 Å². The third kappa shape index (κ3) is 1.65. The first kappa shape index (κ1) is 7.36. The zero-order valence-electron chi connectivity index (χ0n) is 6.27. The van der Waals surface area contributed by atoms with Gasteiger partial charge in [0.1, 0.15) is 5.03 Å². The van der Waals surface area contributed by atoms with Crippen molar-refractivity contribution in [1.82, 2.24) is 15.0 Å². The SMILES string of the molecule is c1ccc(Sc2ncc[nH]2)nc1. The number of rotatable bonds is 2. The standard InChI is InChI=1S/C8H7N3S/c1-2-4-9-7(3-1)12-8-10-5-6-11-8/h1-6H,(H,10,11). The summed E-state index contributed by atoms with van der Waals surface area (Å²) in [4.78, 5) is 11.2. The maximum atomic E-state index is 4.16. The Morgan fingerprint density at radius 3 is 2.83 bits per heavy atom. The highest BCUT2D eigenvalue weighted by molar-refractivity contribution is 7.99. The van der Waals surface area contributed by atoms with Crippen molar-refractivity contribution in [1.29, 1.82) is 0 Å². The Balaban J connectivity index is 2.15. The average Bonchev–Trinajstić information content (AvgIpc) is 2.59. The molecule has 2 aromatic heterocycles. The minimum atomic E-state index is 0.869. The number of hydrogen-bond acceptors (Lipinski definition) is 3. The summed E-state index contributed by atoms with van der Waals surface area (Å²) < 4.78 is 0. The summed E-state index contributed by atoms with van der Waals surface area (Å²) in [6.45, 7) is 0. The van der Waals surface area contributed by atoms with Gasteiger partial charge in [0, 0.05) is 18.6 Å². The van der Waals surface area contributed by atoms with Crippen molar-refractivity contribution >= 4 is 11.8 Å². The molecule has 0 aliphatic carbocycles. The maximum Gasteiger partial charge on any atom is 0.171 e. The molecule has 0 fully saturated rings. The number of nitrogens with one attached hydrogen (secondary N) is 1. The monoisotopic (exact) mass is 177 g/mol. The number of hydrogen-bond donors (Lipinski definition) is 1. The fourth-order valence-electron chi connectivity index (χ4n) is 0.813. The zero-order valence-corrected chi connectivity index (χ0v) is 7.08. The molecule has 0 unspecified atom stereocenters. The van der Waals surface area contributed by atoms with Crippen LogP contribution >= 0.6 is 11.8 Å². The molecule has 0 bridgehead atoms. The molecule has 12 heavy (non-hydrogen) atoms. The number of pyridine rings is 1. The highest BCUT2D eigenvalue weighted by Crippen LogP contribution is 2.20. The Labute approximate surface area is 74.3 Å². The van der Waals surface area contributed by atoms with Crippen LogP contribution < -0.4 is 0 Å². The number of H-pyrrole nitrogens is 1. The van der Waals surface area contributed by atoms with Gasteiger partial charge in [0.2, 0.25) is 0 Å². The lowest BCUT2D eigenvalue weighted by molar-refractivity contribution is 1.04. The van der Waals surface area contributed by atoms with Crippen molar-refractivity contribution < 1.29 is 0 Å². The molecule has 0 amide bonds. The molecule has 60 valence electrons. The van der Waals surface area contributed by atoms with Crippen LogP contribution in [-0.2, 0) is 0 Å². The Hall–Kier alpha value is -1.29. The van der Waals surface area contributed by atoms with Gasteiger partial charge in [0.15, 0.2) is 5.16 Å². The molecule has 2 rings (SSSR count). The molecule has 2 heterocycles. The summed E-state index contributed by atoms with van der Waals surface area (Å²) in [6.07, 6.45) is 5.29. The van der Waals surface area contributed by atoms with Crippen molar-refractivity contribution in [3.63, 3.8) is 0 Å². The maximum absolute atomic E-state index is 4.16. The largest absolute Gasteiger partial charge is 0.339 e. The van der Waals surface area contributed by atoms with Crippen molar-refractivity contribution in [3.05, 3.63) is 36.8 Å². The van der Waals surface area contributed by atoms with Gasteiger partial charge in [0.25, 0.3) is 0 Å². The van der Waals surface area contributed by atoms with E-state index >= 15 is 0 Å². The normalized spacial score (nSPS) is 10.0. The van der Waals surface area contributed by atoms with Crippen molar-refractivity contribution in [3.8, 4) is 0 Å². The second-order valence-corrected chi connectivity index (χ2v) is 3.17. The molecule has 0 radical (unpaired) electrons. The summed E-state index contributed by atoms with van der Waals surface area (Å²) in [5.41, 5.74) is 0. The Bertz CT molecular complexity index is 330. The number of aromatic amines is 1. The van der Waals surface area contributed by atoms with Crippen LogP contribution in [0.5, 0.6) is 0 Å². The molecule has 2 aromatic rings. The number of nitrogens with zero attached hydrogens (tertiary/aromatic N) is 2. The topological polar surface area (TPSA) is 41.6 Å². The third-order valence-corrected chi connectivity index (χ3v) is 2.18. The van der Waals surface area contributed by atoms with E-state index in [1.807, 2.05) is 18.2 Å². The quantitative estimate of drug-likeness (QED) is 0.762. The summed E-state index contributed by atoms with van der Waals surface area (Å²) in [6, 6.07) is 5.80. The fourth-order valence-corrected chi connectivity index (χ4v) is 1.51. The molecule has 0 saturated carbocycles. The van der Waals surface area contributed by atoms with E-state index in [0.29, 0.717) is 0 Å². The van der Waals surface area contributed by atoms with E-state index in [2.05, 4.69) is 15.0 Å². The molecule has 0 saturated heterocycles. The highest BCUT2D eigenvalue weighted by atomic mass is 32.2. The molecule has 1 N–H and O–H groups in total. The first-order chi connectivity index (χ1) is 5.95. The lowest BCUT2D eigenvalue weighted by Gasteiger charge is -1.93. The van der Waals surface area contributed by atoms with Gasteiger partial charge in [-0.15, -0.1) is 0 Å². The van der Waals surface area contributed by atoms with Crippen molar-refractivity contribution in [2.24, 2.45) is 0 Å². The van der Waals surface area contributed by atoms with Gasteiger partial charge < -0.3 is 4.98 Å². The summed E-state index contributed by atoms with van der Waals surface area (Å²) in [5, 5.41) is 1.82. The third-order valence-electron chi connectivity index (χ3n) is 1.31. The Kier molecular flexibility index (Phi) is 2.09. The number of aromatic nitrogens is 3. The molecule has 0 aromatic carbocycles. The van der Waals surface area contributed by atoms with Gasteiger partial charge in [-0.25, -0.2) is 9.97 Å². The van der Waals surface area contributed by atoms with Crippen LogP contribution in [-0.4, -0.2) is 15.0 Å².